The molecule has 0 atom stereocenters. The van der Waals surface area contributed by atoms with Gasteiger partial charge in [0.15, 0.2) is 0 Å². The highest BCUT2D eigenvalue weighted by atomic mass is 32.2. The van der Waals surface area contributed by atoms with Crippen LogP contribution in [0.5, 0.6) is 5.75 Å². The number of rotatable bonds is 8. The van der Waals surface area contributed by atoms with Gasteiger partial charge in [0.05, 0.1) is 18.6 Å². The van der Waals surface area contributed by atoms with Crippen molar-refractivity contribution in [2.75, 3.05) is 29.0 Å². The molecule has 0 heterocycles. The highest BCUT2D eigenvalue weighted by Gasteiger charge is 2.19. The van der Waals surface area contributed by atoms with Crippen LogP contribution in [0.4, 0.5) is 11.4 Å². The molecular formula is C20H26N2O4S. The summed E-state index contributed by atoms with van der Waals surface area (Å²) in [4.78, 5) is 12.3. The van der Waals surface area contributed by atoms with Gasteiger partial charge in [0.25, 0.3) is 0 Å². The maximum atomic E-state index is 12.3. The average molecular weight is 391 g/mol. The van der Waals surface area contributed by atoms with Crippen LogP contribution in [0.3, 0.4) is 0 Å². The first-order valence-corrected chi connectivity index (χ1v) is 10.6. The molecule has 0 aliphatic carbocycles. The maximum Gasteiger partial charge on any atom is 0.232 e. The summed E-state index contributed by atoms with van der Waals surface area (Å²) in [5.74, 6) is 0.436. The van der Waals surface area contributed by atoms with E-state index < -0.39 is 10.0 Å². The van der Waals surface area contributed by atoms with Crippen molar-refractivity contribution in [2.24, 2.45) is 0 Å². The second-order valence-corrected chi connectivity index (χ2v) is 8.21. The zero-order chi connectivity index (χ0) is 20.0. The molecule has 6 nitrogen and oxygen atoms in total. The lowest BCUT2D eigenvalue weighted by Gasteiger charge is -2.22. The van der Waals surface area contributed by atoms with E-state index in [-0.39, 0.29) is 18.9 Å². The number of benzene rings is 2. The van der Waals surface area contributed by atoms with Crippen LogP contribution in [0.15, 0.2) is 42.5 Å². The fraction of sp³-hybridized carbons (Fsp3) is 0.350. The fourth-order valence-corrected chi connectivity index (χ4v) is 3.59. The molecule has 0 aliphatic heterocycles. The molecule has 2 rings (SSSR count). The number of hydrogen-bond acceptors (Lipinski definition) is 4. The summed E-state index contributed by atoms with van der Waals surface area (Å²) >= 11 is 0. The van der Waals surface area contributed by atoms with Crippen molar-refractivity contribution < 1.29 is 17.9 Å². The number of carbonyl (C=O) groups is 1. The Morgan fingerprint density at radius 2 is 1.78 bits per heavy atom. The summed E-state index contributed by atoms with van der Waals surface area (Å²) in [6, 6.07) is 12.5. The van der Waals surface area contributed by atoms with E-state index in [1.54, 1.807) is 24.3 Å². The highest BCUT2D eigenvalue weighted by Crippen LogP contribution is 2.22. The number of nitrogens with zero attached hydrogens (tertiary/aromatic N) is 1. The zero-order valence-electron chi connectivity index (χ0n) is 16.2. The van der Waals surface area contributed by atoms with Crippen LogP contribution >= 0.6 is 0 Å². The van der Waals surface area contributed by atoms with E-state index in [0.29, 0.717) is 18.0 Å². The second kappa shape index (κ2) is 8.90. The van der Waals surface area contributed by atoms with Crippen molar-refractivity contribution in [3.63, 3.8) is 0 Å². The van der Waals surface area contributed by atoms with Gasteiger partial charge < -0.3 is 10.1 Å². The lowest BCUT2D eigenvalue weighted by molar-refractivity contribution is -0.116. The van der Waals surface area contributed by atoms with Crippen molar-refractivity contribution in [2.45, 2.75) is 27.2 Å². The molecular weight excluding hydrogens is 364 g/mol. The van der Waals surface area contributed by atoms with Gasteiger partial charge in [-0.15, -0.1) is 0 Å². The third-order valence-corrected chi connectivity index (χ3v) is 5.45. The first kappa shape index (κ1) is 20.8. The topological polar surface area (TPSA) is 75.7 Å². The Bertz CT molecular complexity index is 893. The summed E-state index contributed by atoms with van der Waals surface area (Å²) < 4.78 is 31.0. The smallest absolute Gasteiger partial charge is 0.232 e. The molecule has 1 amide bonds. The van der Waals surface area contributed by atoms with E-state index in [4.69, 9.17) is 4.74 Å². The van der Waals surface area contributed by atoms with E-state index in [1.165, 1.54) is 4.31 Å². The average Bonchev–Trinajstić information content (AvgIpc) is 2.60. The molecule has 1 N–H and O–H groups in total. The summed E-state index contributed by atoms with van der Waals surface area (Å²) in [7, 11) is -3.51. The maximum absolute atomic E-state index is 12.3. The minimum Gasteiger partial charge on any atom is -0.494 e. The Morgan fingerprint density at radius 3 is 2.37 bits per heavy atom. The number of nitrogens with one attached hydrogen (secondary N) is 1. The number of anilines is 2. The van der Waals surface area contributed by atoms with Crippen molar-refractivity contribution in [3.05, 3.63) is 53.6 Å². The third kappa shape index (κ3) is 5.72. The number of hydrogen-bond donors (Lipinski definition) is 1. The standard InChI is InChI=1S/C20H26N2O4S/c1-5-26-18-11-9-17(10-12-18)22(27(4,24)25)14-13-20(23)21-19-8-6-7-15(2)16(19)3/h6-12H,5,13-14H2,1-4H3,(H,21,23). The summed E-state index contributed by atoms with van der Waals surface area (Å²) in [6.07, 6.45) is 1.18. The van der Waals surface area contributed by atoms with Gasteiger partial charge in [0, 0.05) is 18.7 Å². The monoisotopic (exact) mass is 390 g/mol. The third-order valence-electron chi connectivity index (χ3n) is 4.26. The van der Waals surface area contributed by atoms with Crippen molar-refractivity contribution in [3.8, 4) is 5.75 Å². The van der Waals surface area contributed by atoms with Crippen LogP contribution in [0.25, 0.3) is 0 Å². The van der Waals surface area contributed by atoms with Crippen molar-refractivity contribution in [1.82, 2.24) is 0 Å². The molecule has 0 aromatic heterocycles. The van der Waals surface area contributed by atoms with E-state index >= 15 is 0 Å². The van der Waals surface area contributed by atoms with Crippen LogP contribution in [-0.2, 0) is 14.8 Å². The molecule has 0 bridgehead atoms. The summed E-state index contributed by atoms with van der Waals surface area (Å²) in [5.41, 5.74) is 3.32. The zero-order valence-corrected chi connectivity index (χ0v) is 17.0. The van der Waals surface area contributed by atoms with E-state index in [0.717, 1.165) is 23.1 Å². The molecule has 27 heavy (non-hydrogen) atoms. The first-order valence-electron chi connectivity index (χ1n) is 8.79. The largest absolute Gasteiger partial charge is 0.494 e. The molecule has 0 saturated carbocycles. The van der Waals surface area contributed by atoms with Gasteiger partial charge in [-0.3, -0.25) is 9.10 Å². The number of carbonyl (C=O) groups excluding carboxylic acids is 1. The van der Waals surface area contributed by atoms with Crippen LogP contribution in [0.1, 0.15) is 24.5 Å². The summed E-state index contributed by atoms with van der Waals surface area (Å²) in [5, 5.41) is 2.85. The lowest BCUT2D eigenvalue weighted by atomic mass is 10.1. The second-order valence-electron chi connectivity index (χ2n) is 6.31. The molecule has 0 spiro atoms. The summed E-state index contributed by atoms with van der Waals surface area (Å²) in [6.45, 7) is 6.39. The van der Waals surface area contributed by atoms with Gasteiger partial charge >= 0.3 is 0 Å². The molecule has 2 aromatic rings. The van der Waals surface area contributed by atoms with Gasteiger partial charge in [0.1, 0.15) is 5.75 Å². The number of sulfonamides is 1. The van der Waals surface area contributed by atoms with Gasteiger partial charge in [0.2, 0.25) is 15.9 Å². The van der Waals surface area contributed by atoms with Crippen molar-refractivity contribution >= 4 is 27.3 Å². The quantitative estimate of drug-likeness (QED) is 0.749. The minimum absolute atomic E-state index is 0.0493. The Balaban J connectivity index is 2.08. The molecule has 0 fully saturated rings. The number of ether oxygens (including phenoxy) is 1. The molecule has 2 aromatic carbocycles. The van der Waals surface area contributed by atoms with Crippen LogP contribution in [0, 0.1) is 13.8 Å². The van der Waals surface area contributed by atoms with Crippen LogP contribution in [0.2, 0.25) is 0 Å². The van der Waals surface area contributed by atoms with Gasteiger partial charge in [-0.1, -0.05) is 12.1 Å². The lowest BCUT2D eigenvalue weighted by Crippen LogP contribution is -2.33. The van der Waals surface area contributed by atoms with Gasteiger partial charge in [-0.2, -0.15) is 0 Å². The van der Waals surface area contributed by atoms with Gasteiger partial charge in [-0.25, -0.2) is 8.42 Å². The Kier molecular flexibility index (Phi) is 6.85. The first-order chi connectivity index (χ1) is 12.7. The minimum atomic E-state index is -3.51. The Labute approximate surface area is 161 Å². The Hall–Kier alpha value is -2.54. The van der Waals surface area contributed by atoms with Crippen LogP contribution < -0.4 is 14.4 Å². The highest BCUT2D eigenvalue weighted by molar-refractivity contribution is 7.92. The molecule has 146 valence electrons. The van der Waals surface area contributed by atoms with E-state index in [1.807, 2.05) is 39.0 Å². The molecule has 7 heteroatoms. The van der Waals surface area contributed by atoms with E-state index in [9.17, 15) is 13.2 Å². The fourth-order valence-electron chi connectivity index (χ4n) is 2.66. The molecule has 0 aliphatic rings. The SMILES string of the molecule is CCOc1ccc(N(CCC(=O)Nc2cccc(C)c2C)S(C)(=O)=O)cc1. The van der Waals surface area contributed by atoms with Crippen molar-refractivity contribution in [1.29, 1.82) is 0 Å². The number of amides is 1. The Morgan fingerprint density at radius 1 is 1.11 bits per heavy atom. The molecule has 0 unspecified atom stereocenters. The predicted molar refractivity (Wildman–Crippen MR) is 109 cm³/mol. The normalized spacial score (nSPS) is 11.1. The van der Waals surface area contributed by atoms with Gasteiger partial charge in [-0.05, 0) is 62.2 Å². The molecule has 0 saturated heterocycles. The molecule has 0 radical (unpaired) electrons. The van der Waals surface area contributed by atoms with Crippen LogP contribution in [-0.4, -0.2) is 33.7 Å². The predicted octanol–water partition coefficient (Wildman–Crippen LogP) is 3.50. The number of aryl methyl sites for hydroxylation is 1. The van der Waals surface area contributed by atoms with E-state index in [2.05, 4.69) is 5.32 Å².